The Labute approximate surface area is 156 Å². The monoisotopic (exact) mass is 397 g/mol. The third-order valence-corrected chi connectivity index (χ3v) is 3.84. The van der Waals surface area contributed by atoms with Crippen LogP contribution in [0.1, 0.15) is 5.56 Å². The van der Waals surface area contributed by atoms with E-state index in [9.17, 15) is 17.6 Å². The van der Waals surface area contributed by atoms with Gasteiger partial charge in [-0.25, -0.2) is 14.4 Å². The molecule has 10 heteroatoms. The number of para-hydroxylation sites is 1. The highest BCUT2D eigenvalue weighted by molar-refractivity contribution is 6.31. The number of aromatic nitrogens is 2. The van der Waals surface area contributed by atoms with Gasteiger partial charge in [0.2, 0.25) is 0 Å². The summed E-state index contributed by atoms with van der Waals surface area (Å²) in [6, 6.07) is 8.83. The zero-order valence-corrected chi connectivity index (χ0v) is 14.2. The smallest absolute Gasteiger partial charge is 0.393 e. The predicted molar refractivity (Wildman–Crippen MR) is 95.9 cm³/mol. The number of alkyl halides is 3. The molecule has 0 aliphatic rings. The highest BCUT2D eigenvalue weighted by atomic mass is 35.5. The van der Waals surface area contributed by atoms with Crippen molar-refractivity contribution in [3.8, 4) is 0 Å². The molecular weight excluding hydrogens is 386 g/mol. The first-order valence-corrected chi connectivity index (χ1v) is 7.89. The summed E-state index contributed by atoms with van der Waals surface area (Å²) in [7, 11) is 0. The van der Waals surface area contributed by atoms with Crippen molar-refractivity contribution >= 4 is 40.3 Å². The van der Waals surface area contributed by atoms with E-state index in [0.29, 0.717) is 5.69 Å². The van der Waals surface area contributed by atoms with Gasteiger partial charge in [-0.3, -0.25) is 0 Å². The maximum absolute atomic E-state index is 13.2. The van der Waals surface area contributed by atoms with E-state index in [1.165, 1.54) is 30.3 Å². The van der Waals surface area contributed by atoms with Gasteiger partial charge < -0.3 is 16.4 Å². The summed E-state index contributed by atoms with van der Waals surface area (Å²) in [5.74, 6) is -0.485. The third kappa shape index (κ3) is 4.20. The molecule has 1 aromatic heterocycles. The van der Waals surface area contributed by atoms with Gasteiger partial charge in [-0.1, -0.05) is 23.7 Å². The maximum atomic E-state index is 13.2. The summed E-state index contributed by atoms with van der Waals surface area (Å²) in [6.07, 6.45) is -3.42. The summed E-state index contributed by atoms with van der Waals surface area (Å²) in [5, 5.41) is 5.29. The lowest BCUT2D eigenvalue weighted by Gasteiger charge is -2.16. The van der Waals surface area contributed by atoms with Crippen molar-refractivity contribution in [2.24, 2.45) is 0 Å². The van der Waals surface area contributed by atoms with Crippen LogP contribution in [-0.4, -0.2) is 9.97 Å². The van der Waals surface area contributed by atoms with E-state index in [1.807, 2.05) is 0 Å². The lowest BCUT2D eigenvalue weighted by Crippen LogP contribution is -2.10. The highest BCUT2D eigenvalue weighted by Gasteiger charge is 2.33. The Hall–Kier alpha value is -3.07. The second-order valence-electron chi connectivity index (χ2n) is 5.41. The molecule has 2 aromatic carbocycles. The van der Waals surface area contributed by atoms with Gasteiger partial charge in [0, 0.05) is 5.69 Å². The van der Waals surface area contributed by atoms with Crippen LogP contribution in [0.3, 0.4) is 0 Å². The van der Waals surface area contributed by atoms with Crippen LogP contribution in [0.25, 0.3) is 0 Å². The first-order chi connectivity index (χ1) is 12.8. The zero-order chi connectivity index (χ0) is 19.6. The Kier molecular flexibility index (Phi) is 5.04. The van der Waals surface area contributed by atoms with E-state index in [1.54, 1.807) is 0 Å². The number of anilines is 5. The fraction of sp³-hybridized carbons (Fsp3) is 0.0588. The minimum atomic E-state index is -4.54. The molecule has 0 aliphatic heterocycles. The van der Waals surface area contributed by atoms with E-state index in [0.717, 1.165) is 18.5 Å². The molecule has 1 heterocycles. The maximum Gasteiger partial charge on any atom is 0.418 e. The lowest BCUT2D eigenvalue weighted by molar-refractivity contribution is -0.136. The Balaban J connectivity index is 1.91. The molecule has 0 amide bonds. The minimum absolute atomic E-state index is 0.0163. The molecule has 3 aromatic rings. The molecule has 0 bridgehead atoms. The first-order valence-electron chi connectivity index (χ1n) is 7.51. The van der Waals surface area contributed by atoms with E-state index in [4.69, 9.17) is 17.3 Å². The third-order valence-electron chi connectivity index (χ3n) is 3.55. The van der Waals surface area contributed by atoms with Gasteiger partial charge in [0.15, 0.2) is 11.6 Å². The number of nitrogens with zero attached hydrogens (tertiary/aromatic N) is 2. The molecule has 0 saturated heterocycles. The molecule has 0 aliphatic carbocycles. The number of hydrogen-bond acceptors (Lipinski definition) is 5. The Morgan fingerprint density at radius 2 is 1.63 bits per heavy atom. The lowest BCUT2D eigenvalue weighted by atomic mass is 10.1. The number of hydrogen-bond donors (Lipinski definition) is 3. The molecule has 3 rings (SSSR count). The van der Waals surface area contributed by atoms with Crippen LogP contribution in [0.4, 0.5) is 46.3 Å². The number of rotatable bonds is 4. The number of nitrogens with one attached hydrogen (secondary N) is 2. The van der Waals surface area contributed by atoms with Crippen LogP contribution in [0, 0.1) is 5.82 Å². The number of nitrogen functional groups attached to an aromatic ring is 1. The van der Waals surface area contributed by atoms with Gasteiger partial charge in [0.05, 0.1) is 16.3 Å². The molecular formula is C17H12ClF4N5. The second kappa shape index (κ2) is 7.28. The van der Waals surface area contributed by atoms with Gasteiger partial charge in [0.25, 0.3) is 0 Å². The quantitative estimate of drug-likeness (QED) is 0.517. The van der Waals surface area contributed by atoms with E-state index in [2.05, 4.69) is 20.6 Å². The number of benzene rings is 2. The summed E-state index contributed by atoms with van der Waals surface area (Å²) in [5.41, 5.74) is 5.28. The minimum Gasteiger partial charge on any atom is -0.393 e. The Morgan fingerprint density at radius 3 is 2.30 bits per heavy atom. The Morgan fingerprint density at radius 1 is 0.963 bits per heavy atom. The Bertz CT molecular complexity index is 978. The van der Waals surface area contributed by atoms with Crippen LogP contribution >= 0.6 is 11.6 Å². The van der Waals surface area contributed by atoms with Crippen LogP contribution < -0.4 is 16.4 Å². The van der Waals surface area contributed by atoms with Crippen molar-refractivity contribution in [2.75, 3.05) is 16.4 Å². The van der Waals surface area contributed by atoms with E-state index in [-0.39, 0.29) is 28.0 Å². The predicted octanol–water partition coefficient (Wildman–Crippen LogP) is 5.36. The van der Waals surface area contributed by atoms with Gasteiger partial charge in [-0.15, -0.1) is 0 Å². The van der Waals surface area contributed by atoms with Crippen molar-refractivity contribution in [3.63, 3.8) is 0 Å². The summed E-state index contributed by atoms with van der Waals surface area (Å²) >= 11 is 5.72. The average Bonchev–Trinajstić information content (AvgIpc) is 2.61. The zero-order valence-electron chi connectivity index (χ0n) is 13.5. The molecule has 0 spiro atoms. The van der Waals surface area contributed by atoms with Crippen LogP contribution in [-0.2, 0) is 6.18 Å². The second-order valence-corrected chi connectivity index (χ2v) is 5.81. The van der Waals surface area contributed by atoms with Crippen molar-refractivity contribution < 1.29 is 17.6 Å². The van der Waals surface area contributed by atoms with Crippen molar-refractivity contribution in [3.05, 3.63) is 65.2 Å². The van der Waals surface area contributed by atoms with Gasteiger partial charge in [-0.05, 0) is 30.3 Å². The summed E-state index contributed by atoms with van der Waals surface area (Å²) < 4.78 is 52.6. The fourth-order valence-corrected chi connectivity index (χ4v) is 2.45. The van der Waals surface area contributed by atoms with Crippen molar-refractivity contribution in [1.29, 1.82) is 0 Å². The summed E-state index contributed by atoms with van der Waals surface area (Å²) in [4.78, 5) is 7.84. The SMILES string of the molecule is Nc1c(Nc2ccc(F)c(Cl)c2)ncnc1Nc1ccccc1C(F)(F)F. The highest BCUT2D eigenvalue weighted by Crippen LogP contribution is 2.37. The molecule has 0 radical (unpaired) electrons. The molecule has 27 heavy (non-hydrogen) atoms. The average molecular weight is 398 g/mol. The summed E-state index contributed by atoms with van der Waals surface area (Å²) in [6.45, 7) is 0. The van der Waals surface area contributed by atoms with E-state index < -0.39 is 17.6 Å². The number of halogens is 5. The van der Waals surface area contributed by atoms with E-state index >= 15 is 0 Å². The van der Waals surface area contributed by atoms with Crippen LogP contribution in [0.2, 0.25) is 5.02 Å². The van der Waals surface area contributed by atoms with Gasteiger partial charge in [0.1, 0.15) is 17.8 Å². The van der Waals surface area contributed by atoms with Crippen molar-refractivity contribution in [1.82, 2.24) is 9.97 Å². The molecule has 0 fully saturated rings. The largest absolute Gasteiger partial charge is 0.418 e. The number of nitrogens with two attached hydrogens (primary N) is 1. The van der Waals surface area contributed by atoms with Crippen LogP contribution in [0.5, 0.6) is 0 Å². The van der Waals surface area contributed by atoms with Crippen molar-refractivity contribution in [2.45, 2.75) is 6.18 Å². The fourth-order valence-electron chi connectivity index (χ4n) is 2.27. The molecule has 4 N–H and O–H groups in total. The normalized spacial score (nSPS) is 11.3. The van der Waals surface area contributed by atoms with Crippen LogP contribution in [0.15, 0.2) is 48.8 Å². The molecule has 5 nitrogen and oxygen atoms in total. The molecule has 0 atom stereocenters. The molecule has 140 valence electrons. The first kappa shape index (κ1) is 18.7. The molecule has 0 unspecified atom stereocenters. The topological polar surface area (TPSA) is 75.9 Å². The van der Waals surface area contributed by atoms with Gasteiger partial charge >= 0.3 is 6.18 Å². The molecule has 0 saturated carbocycles. The standard InChI is InChI=1S/C17H12ClF4N5/c18-11-7-9(5-6-12(11)19)26-15-14(23)16(25-8-24-15)27-13-4-2-1-3-10(13)17(20,21)22/h1-8H,23H2,(H2,24,25,26,27). The van der Waals surface area contributed by atoms with Gasteiger partial charge in [-0.2, -0.15) is 13.2 Å².